The normalized spacial score (nSPS) is 11.3. The molecule has 1 aromatic heterocycles. The summed E-state index contributed by atoms with van der Waals surface area (Å²) in [6, 6.07) is 0. The molecule has 7 heteroatoms. The van der Waals surface area contributed by atoms with Crippen LogP contribution in [0.15, 0.2) is 0 Å². The fraction of sp³-hybridized carbons (Fsp3) is 0.727. The van der Waals surface area contributed by atoms with Crippen LogP contribution in [-0.2, 0) is 16.0 Å². The third-order valence-corrected chi connectivity index (χ3v) is 2.62. The van der Waals surface area contributed by atoms with Gasteiger partial charge in [0.15, 0.2) is 0 Å². The average molecular weight is 272 g/mol. The highest BCUT2D eigenvalue weighted by Gasteiger charge is 2.13. The topological polar surface area (TPSA) is 76.1 Å². The lowest BCUT2D eigenvalue weighted by atomic mass is 10.1. The highest BCUT2D eigenvalue weighted by atomic mass is 32.1. The molecule has 1 rings (SSSR count). The van der Waals surface area contributed by atoms with E-state index in [-0.39, 0.29) is 18.0 Å². The summed E-state index contributed by atoms with van der Waals surface area (Å²) in [5.74, 6) is 0.678. The maximum Gasteiger partial charge on any atom is 0.239 e. The minimum atomic E-state index is -0.219. The van der Waals surface area contributed by atoms with Crippen LogP contribution in [0.2, 0.25) is 0 Å². The largest absolute Gasteiger partial charge is 0.384 e. The molecule has 1 aromatic rings. The number of anilines is 1. The van der Waals surface area contributed by atoms with Crippen molar-refractivity contribution >= 4 is 22.6 Å². The van der Waals surface area contributed by atoms with Gasteiger partial charge in [0.1, 0.15) is 5.82 Å². The van der Waals surface area contributed by atoms with Gasteiger partial charge >= 0.3 is 0 Å². The Morgan fingerprint density at radius 2 is 2.17 bits per heavy atom. The third-order valence-electron chi connectivity index (χ3n) is 1.91. The molecule has 0 aliphatic rings. The van der Waals surface area contributed by atoms with Crippen LogP contribution < -0.4 is 10.6 Å². The lowest BCUT2D eigenvalue weighted by Crippen LogP contribution is -2.43. The minimum absolute atomic E-state index is 0.0591. The summed E-state index contributed by atoms with van der Waals surface area (Å²) in [4.78, 5) is 15.8. The molecule has 0 aliphatic heterocycles. The van der Waals surface area contributed by atoms with Gasteiger partial charge in [-0.05, 0) is 20.8 Å². The van der Waals surface area contributed by atoms with Gasteiger partial charge in [-0.2, -0.15) is 4.37 Å². The molecule has 1 amide bonds. The summed E-state index contributed by atoms with van der Waals surface area (Å²) >= 11 is 1.25. The Morgan fingerprint density at radius 1 is 1.44 bits per heavy atom. The SMILES string of the molecule is COCCc1nsc(NCC(=O)NC(C)(C)C)n1. The molecule has 0 bridgehead atoms. The second-order valence-corrected chi connectivity index (χ2v) is 5.66. The molecule has 0 aliphatic carbocycles. The number of hydrogen-bond acceptors (Lipinski definition) is 6. The first kappa shape index (κ1) is 14.8. The summed E-state index contributed by atoms with van der Waals surface area (Å²) in [6.45, 7) is 6.63. The van der Waals surface area contributed by atoms with E-state index in [1.807, 2.05) is 20.8 Å². The smallest absolute Gasteiger partial charge is 0.239 e. The molecule has 0 aromatic carbocycles. The number of amides is 1. The molecule has 0 atom stereocenters. The van der Waals surface area contributed by atoms with E-state index < -0.39 is 0 Å². The Bertz CT molecular complexity index is 387. The van der Waals surface area contributed by atoms with Gasteiger partial charge in [0.2, 0.25) is 11.0 Å². The van der Waals surface area contributed by atoms with Crippen molar-refractivity contribution in [3.63, 3.8) is 0 Å². The van der Waals surface area contributed by atoms with Gasteiger partial charge in [0.25, 0.3) is 0 Å². The monoisotopic (exact) mass is 272 g/mol. The van der Waals surface area contributed by atoms with Gasteiger partial charge in [-0.3, -0.25) is 4.79 Å². The first-order valence-corrected chi connectivity index (χ1v) is 6.54. The van der Waals surface area contributed by atoms with Crippen molar-refractivity contribution in [3.05, 3.63) is 5.82 Å². The first-order chi connectivity index (χ1) is 8.40. The van der Waals surface area contributed by atoms with Crippen molar-refractivity contribution in [3.8, 4) is 0 Å². The van der Waals surface area contributed by atoms with Crippen molar-refractivity contribution in [2.24, 2.45) is 0 Å². The van der Waals surface area contributed by atoms with Crippen LogP contribution >= 0.6 is 11.5 Å². The maximum absolute atomic E-state index is 11.6. The van der Waals surface area contributed by atoms with Gasteiger partial charge in [-0.25, -0.2) is 4.98 Å². The predicted octanol–water partition coefficient (Wildman–Crippen LogP) is 1.05. The number of methoxy groups -OCH3 is 1. The van der Waals surface area contributed by atoms with E-state index in [0.717, 1.165) is 5.82 Å². The lowest BCUT2D eigenvalue weighted by Gasteiger charge is -2.20. The van der Waals surface area contributed by atoms with Crippen molar-refractivity contribution < 1.29 is 9.53 Å². The number of carbonyl (C=O) groups excluding carboxylic acids is 1. The zero-order chi connectivity index (χ0) is 13.6. The molecule has 0 saturated carbocycles. The zero-order valence-corrected chi connectivity index (χ0v) is 12.1. The molecular formula is C11H20N4O2S. The van der Waals surface area contributed by atoms with E-state index in [2.05, 4.69) is 20.0 Å². The van der Waals surface area contributed by atoms with Crippen LogP contribution in [0.4, 0.5) is 5.13 Å². The highest BCUT2D eigenvalue weighted by Crippen LogP contribution is 2.10. The Balaban J connectivity index is 2.35. The Morgan fingerprint density at radius 3 is 2.78 bits per heavy atom. The van der Waals surface area contributed by atoms with Crippen LogP contribution in [0.1, 0.15) is 26.6 Å². The number of aromatic nitrogens is 2. The average Bonchev–Trinajstić information content (AvgIpc) is 2.69. The number of carbonyl (C=O) groups is 1. The van der Waals surface area contributed by atoms with Crippen molar-refractivity contribution in [1.82, 2.24) is 14.7 Å². The van der Waals surface area contributed by atoms with E-state index in [1.54, 1.807) is 7.11 Å². The zero-order valence-electron chi connectivity index (χ0n) is 11.2. The molecule has 0 fully saturated rings. The number of nitrogens with one attached hydrogen (secondary N) is 2. The number of ether oxygens (including phenoxy) is 1. The summed E-state index contributed by atoms with van der Waals surface area (Å²) in [5, 5.41) is 6.48. The molecule has 2 N–H and O–H groups in total. The summed E-state index contributed by atoms with van der Waals surface area (Å²) in [5.41, 5.74) is -0.219. The second-order valence-electron chi connectivity index (χ2n) is 4.91. The molecule has 18 heavy (non-hydrogen) atoms. The van der Waals surface area contributed by atoms with Crippen molar-refractivity contribution in [1.29, 1.82) is 0 Å². The fourth-order valence-corrected chi connectivity index (χ4v) is 1.85. The first-order valence-electron chi connectivity index (χ1n) is 5.77. The summed E-state index contributed by atoms with van der Waals surface area (Å²) in [7, 11) is 1.64. The van der Waals surface area contributed by atoms with E-state index in [1.165, 1.54) is 11.5 Å². The number of nitrogens with zero attached hydrogens (tertiary/aromatic N) is 2. The second kappa shape index (κ2) is 6.65. The Labute approximate surface area is 111 Å². The molecule has 0 unspecified atom stereocenters. The van der Waals surface area contributed by atoms with Crippen molar-refractivity contribution in [2.75, 3.05) is 25.6 Å². The van der Waals surface area contributed by atoms with Crippen LogP contribution in [0.3, 0.4) is 0 Å². The van der Waals surface area contributed by atoms with E-state index in [9.17, 15) is 4.79 Å². The number of rotatable bonds is 6. The van der Waals surface area contributed by atoms with E-state index >= 15 is 0 Å². The van der Waals surface area contributed by atoms with Gasteiger partial charge in [-0.1, -0.05) is 0 Å². The highest BCUT2D eigenvalue weighted by molar-refractivity contribution is 7.09. The van der Waals surface area contributed by atoms with Crippen LogP contribution in [0.25, 0.3) is 0 Å². The molecule has 0 radical (unpaired) electrons. The maximum atomic E-state index is 11.6. The van der Waals surface area contributed by atoms with Crippen molar-refractivity contribution in [2.45, 2.75) is 32.7 Å². The molecular weight excluding hydrogens is 252 g/mol. The lowest BCUT2D eigenvalue weighted by molar-refractivity contribution is -0.120. The Hall–Kier alpha value is -1.21. The van der Waals surface area contributed by atoms with Gasteiger partial charge in [0, 0.05) is 30.6 Å². The molecule has 6 nitrogen and oxygen atoms in total. The Kier molecular flexibility index (Phi) is 5.49. The quantitative estimate of drug-likeness (QED) is 0.809. The molecule has 0 saturated heterocycles. The minimum Gasteiger partial charge on any atom is -0.384 e. The summed E-state index contributed by atoms with van der Waals surface area (Å²) in [6.07, 6.45) is 0.683. The standard InChI is InChI=1S/C11H20N4O2S/c1-11(2,3)14-9(16)7-12-10-13-8(15-18-10)5-6-17-4/h5-7H2,1-4H3,(H,14,16)(H,12,13,15). The predicted molar refractivity (Wildman–Crippen MR) is 71.9 cm³/mol. The molecule has 1 heterocycles. The molecule has 102 valence electrons. The third kappa shape index (κ3) is 5.92. The number of hydrogen-bond donors (Lipinski definition) is 2. The van der Waals surface area contributed by atoms with Gasteiger partial charge in [0.05, 0.1) is 13.2 Å². The van der Waals surface area contributed by atoms with Gasteiger partial charge in [-0.15, -0.1) is 0 Å². The molecule has 0 spiro atoms. The fourth-order valence-electron chi connectivity index (χ4n) is 1.24. The van der Waals surface area contributed by atoms with E-state index in [4.69, 9.17) is 4.74 Å². The van der Waals surface area contributed by atoms with Crippen LogP contribution in [-0.4, -0.2) is 41.1 Å². The van der Waals surface area contributed by atoms with Crippen LogP contribution in [0.5, 0.6) is 0 Å². The summed E-state index contributed by atoms with van der Waals surface area (Å²) < 4.78 is 9.11. The van der Waals surface area contributed by atoms with Gasteiger partial charge < -0.3 is 15.4 Å². The van der Waals surface area contributed by atoms with Crippen LogP contribution in [0, 0.1) is 0 Å². The van der Waals surface area contributed by atoms with E-state index in [0.29, 0.717) is 18.2 Å².